The molecule has 0 aliphatic carbocycles. The van der Waals surface area contributed by atoms with Gasteiger partial charge >= 0.3 is 0 Å². The van der Waals surface area contributed by atoms with Crippen LogP contribution in [0.15, 0.2) is 78.9 Å². The first-order valence-corrected chi connectivity index (χ1v) is 7.26. The van der Waals surface area contributed by atoms with Crippen LogP contribution in [0.3, 0.4) is 0 Å². The second kappa shape index (κ2) is 6.75. The molecule has 5 heteroatoms. The van der Waals surface area contributed by atoms with E-state index < -0.39 is 4.92 Å². The van der Waals surface area contributed by atoms with Gasteiger partial charge in [-0.15, -0.1) is 0 Å². The van der Waals surface area contributed by atoms with Crippen molar-refractivity contribution in [3.05, 3.63) is 100 Å². The lowest BCUT2D eigenvalue weighted by Gasteiger charge is -2.10. The molecule has 0 fully saturated rings. The minimum absolute atomic E-state index is 0.152. The van der Waals surface area contributed by atoms with Gasteiger partial charge in [-0.25, -0.2) is 0 Å². The van der Waals surface area contributed by atoms with Gasteiger partial charge in [-0.3, -0.25) is 14.9 Å². The molecule has 3 aromatic carbocycles. The summed E-state index contributed by atoms with van der Waals surface area (Å²) in [5.74, 6) is 0.499. The molecule has 3 aromatic rings. The number of non-ortho nitro benzene ring substituents is 1. The van der Waals surface area contributed by atoms with Gasteiger partial charge < -0.3 is 4.74 Å². The number of nitro benzene ring substituents is 1. The van der Waals surface area contributed by atoms with Crippen LogP contribution in [0.4, 0.5) is 5.69 Å². The second-order valence-electron chi connectivity index (χ2n) is 5.05. The molecule has 24 heavy (non-hydrogen) atoms. The summed E-state index contributed by atoms with van der Waals surface area (Å²) >= 11 is 0. The molecule has 0 aliphatic rings. The largest absolute Gasteiger partial charge is 0.457 e. The summed E-state index contributed by atoms with van der Waals surface area (Å²) in [6.45, 7) is 0. The SMILES string of the molecule is O=C(c1ccccc1)c1cc([N+](=O)[O-])ccc1Oc1ccccc1. The summed E-state index contributed by atoms with van der Waals surface area (Å²) in [5, 5.41) is 11.0. The number of nitrogens with zero attached hydrogens (tertiary/aromatic N) is 1. The van der Waals surface area contributed by atoms with Crippen molar-refractivity contribution in [3.63, 3.8) is 0 Å². The standard InChI is InChI=1S/C19H13NO4/c21-19(14-7-3-1-4-8-14)17-13-15(20(22)23)11-12-18(17)24-16-9-5-2-6-10-16/h1-13H. The molecule has 0 saturated heterocycles. The molecule has 0 radical (unpaired) electrons. The van der Waals surface area contributed by atoms with Crippen LogP contribution >= 0.6 is 0 Å². The van der Waals surface area contributed by atoms with Crippen molar-refractivity contribution in [1.82, 2.24) is 0 Å². The third-order valence-electron chi connectivity index (χ3n) is 3.43. The van der Waals surface area contributed by atoms with Crippen molar-refractivity contribution in [3.8, 4) is 11.5 Å². The molecule has 0 unspecified atom stereocenters. The molecule has 0 amide bonds. The number of para-hydroxylation sites is 1. The molecule has 0 spiro atoms. The number of carbonyl (C=O) groups is 1. The smallest absolute Gasteiger partial charge is 0.270 e. The highest BCUT2D eigenvalue weighted by Gasteiger charge is 2.19. The van der Waals surface area contributed by atoms with Gasteiger partial charge in [0.2, 0.25) is 0 Å². The van der Waals surface area contributed by atoms with Gasteiger partial charge in [0.1, 0.15) is 11.5 Å². The van der Waals surface area contributed by atoms with E-state index in [2.05, 4.69) is 0 Å². The topological polar surface area (TPSA) is 69.4 Å². The Hall–Kier alpha value is -3.47. The monoisotopic (exact) mass is 319 g/mol. The zero-order valence-corrected chi connectivity index (χ0v) is 12.6. The van der Waals surface area contributed by atoms with Gasteiger partial charge in [0.05, 0.1) is 10.5 Å². The zero-order valence-electron chi connectivity index (χ0n) is 12.6. The molecule has 0 aliphatic heterocycles. The molecule has 118 valence electrons. The summed E-state index contributed by atoms with van der Waals surface area (Å²) < 4.78 is 5.74. The Balaban J connectivity index is 2.05. The van der Waals surface area contributed by atoms with E-state index in [0.29, 0.717) is 11.3 Å². The van der Waals surface area contributed by atoms with Gasteiger partial charge in [0.15, 0.2) is 5.78 Å². The molecule has 0 atom stereocenters. The molecular weight excluding hydrogens is 306 g/mol. The predicted molar refractivity (Wildman–Crippen MR) is 89.5 cm³/mol. The van der Waals surface area contributed by atoms with Crippen molar-refractivity contribution >= 4 is 11.5 Å². The maximum Gasteiger partial charge on any atom is 0.270 e. The van der Waals surface area contributed by atoms with Crippen molar-refractivity contribution in [2.75, 3.05) is 0 Å². The highest BCUT2D eigenvalue weighted by Crippen LogP contribution is 2.30. The Morgan fingerprint density at radius 1 is 0.875 bits per heavy atom. The van der Waals surface area contributed by atoms with E-state index in [1.807, 2.05) is 6.07 Å². The van der Waals surface area contributed by atoms with Crippen LogP contribution in [0, 0.1) is 10.1 Å². The van der Waals surface area contributed by atoms with E-state index in [1.54, 1.807) is 54.6 Å². The van der Waals surface area contributed by atoms with Crippen molar-refractivity contribution < 1.29 is 14.5 Å². The van der Waals surface area contributed by atoms with Crippen LogP contribution in [-0.2, 0) is 0 Å². The molecule has 0 bridgehead atoms. The average molecular weight is 319 g/mol. The second-order valence-corrected chi connectivity index (χ2v) is 5.05. The fourth-order valence-corrected chi connectivity index (χ4v) is 2.26. The van der Waals surface area contributed by atoms with Crippen molar-refractivity contribution in [2.24, 2.45) is 0 Å². The molecule has 0 saturated carbocycles. The van der Waals surface area contributed by atoms with Crippen LogP contribution in [0.2, 0.25) is 0 Å². The van der Waals surface area contributed by atoms with E-state index in [-0.39, 0.29) is 22.8 Å². The summed E-state index contributed by atoms with van der Waals surface area (Å²) in [7, 11) is 0. The number of ether oxygens (including phenoxy) is 1. The first-order chi connectivity index (χ1) is 11.6. The Kier molecular flexibility index (Phi) is 4.34. The first-order valence-electron chi connectivity index (χ1n) is 7.26. The number of nitro groups is 1. The minimum Gasteiger partial charge on any atom is -0.457 e. The van der Waals surface area contributed by atoms with Gasteiger partial charge in [0, 0.05) is 17.7 Å². The minimum atomic E-state index is -0.534. The highest BCUT2D eigenvalue weighted by molar-refractivity contribution is 6.11. The van der Waals surface area contributed by atoms with E-state index >= 15 is 0 Å². The van der Waals surface area contributed by atoms with Gasteiger partial charge in [0.25, 0.3) is 5.69 Å². The summed E-state index contributed by atoms with van der Waals surface area (Å²) in [4.78, 5) is 23.2. The summed E-state index contributed by atoms with van der Waals surface area (Å²) in [6, 6.07) is 21.6. The molecule has 5 nitrogen and oxygen atoms in total. The van der Waals surface area contributed by atoms with Crippen LogP contribution in [0.25, 0.3) is 0 Å². The maximum absolute atomic E-state index is 12.7. The Labute approximate surface area is 138 Å². The fraction of sp³-hybridized carbons (Fsp3) is 0. The first kappa shape index (κ1) is 15.4. The Morgan fingerprint density at radius 2 is 1.50 bits per heavy atom. The molecule has 0 heterocycles. The van der Waals surface area contributed by atoms with E-state index in [9.17, 15) is 14.9 Å². The Morgan fingerprint density at radius 3 is 2.12 bits per heavy atom. The van der Waals surface area contributed by atoms with Crippen LogP contribution in [0.1, 0.15) is 15.9 Å². The lowest BCUT2D eigenvalue weighted by molar-refractivity contribution is -0.384. The van der Waals surface area contributed by atoms with E-state index in [0.717, 1.165) is 0 Å². The lowest BCUT2D eigenvalue weighted by Crippen LogP contribution is -2.04. The number of ketones is 1. The number of hydrogen-bond acceptors (Lipinski definition) is 4. The number of rotatable bonds is 5. The van der Waals surface area contributed by atoms with Crippen LogP contribution < -0.4 is 4.74 Å². The maximum atomic E-state index is 12.7. The zero-order chi connectivity index (χ0) is 16.9. The van der Waals surface area contributed by atoms with E-state index in [4.69, 9.17) is 4.74 Å². The number of benzene rings is 3. The number of carbonyl (C=O) groups excluding carboxylic acids is 1. The van der Waals surface area contributed by atoms with Crippen LogP contribution in [-0.4, -0.2) is 10.7 Å². The predicted octanol–water partition coefficient (Wildman–Crippen LogP) is 4.62. The van der Waals surface area contributed by atoms with Crippen LogP contribution in [0.5, 0.6) is 11.5 Å². The highest BCUT2D eigenvalue weighted by atomic mass is 16.6. The third kappa shape index (κ3) is 3.30. The summed E-state index contributed by atoms with van der Waals surface area (Å²) in [6.07, 6.45) is 0. The molecular formula is C19H13NO4. The molecule has 3 rings (SSSR count). The van der Waals surface area contributed by atoms with Crippen molar-refractivity contribution in [2.45, 2.75) is 0 Å². The average Bonchev–Trinajstić information content (AvgIpc) is 2.63. The Bertz CT molecular complexity index is 876. The quantitative estimate of drug-likeness (QED) is 0.391. The summed E-state index contributed by atoms with van der Waals surface area (Å²) in [5.41, 5.74) is 0.435. The molecule has 0 aromatic heterocycles. The third-order valence-corrected chi connectivity index (χ3v) is 3.43. The lowest BCUT2D eigenvalue weighted by atomic mass is 10.0. The van der Waals surface area contributed by atoms with E-state index in [1.165, 1.54) is 18.2 Å². The van der Waals surface area contributed by atoms with Crippen molar-refractivity contribution in [1.29, 1.82) is 0 Å². The van der Waals surface area contributed by atoms with Gasteiger partial charge in [-0.2, -0.15) is 0 Å². The molecule has 0 N–H and O–H groups in total. The number of hydrogen-bond donors (Lipinski definition) is 0. The van der Waals surface area contributed by atoms with Gasteiger partial charge in [-0.05, 0) is 18.2 Å². The fourth-order valence-electron chi connectivity index (χ4n) is 2.26. The normalized spacial score (nSPS) is 10.2. The van der Waals surface area contributed by atoms with Gasteiger partial charge in [-0.1, -0.05) is 48.5 Å².